The predicted octanol–water partition coefficient (Wildman–Crippen LogP) is 3.84. The van der Waals surface area contributed by atoms with Crippen LogP contribution in [-0.4, -0.2) is 22.0 Å². The second kappa shape index (κ2) is 5.75. The molecule has 1 aliphatic heterocycles. The number of anilines is 1. The SMILES string of the molecule is CC1CCCC(C)N1Nc1ccc(Cl)cc1[N+](=O)[O-]. The molecule has 1 aliphatic rings. The Hall–Kier alpha value is -1.33. The summed E-state index contributed by atoms with van der Waals surface area (Å²) in [4.78, 5) is 10.7. The van der Waals surface area contributed by atoms with Crippen LogP contribution in [0.5, 0.6) is 0 Å². The molecule has 6 heteroatoms. The van der Waals surface area contributed by atoms with Gasteiger partial charge in [0.2, 0.25) is 0 Å². The largest absolute Gasteiger partial charge is 0.312 e. The van der Waals surface area contributed by atoms with E-state index < -0.39 is 4.92 Å². The van der Waals surface area contributed by atoms with Gasteiger partial charge >= 0.3 is 0 Å². The Labute approximate surface area is 117 Å². The van der Waals surface area contributed by atoms with Gasteiger partial charge in [0.05, 0.1) is 4.92 Å². The molecule has 0 saturated carbocycles. The molecule has 0 aliphatic carbocycles. The number of hydrogen-bond donors (Lipinski definition) is 1. The van der Waals surface area contributed by atoms with E-state index in [2.05, 4.69) is 24.3 Å². The van der Waals surface area contributed by atoms with Crippen LogP contribution in [0, 0.1) is 10.1 Å². The molecule has 1 fully saturated rings. The van der Waals surface area contributed by atoms with Gasteiger partial charge in [0.1, 0.15) is 5.69 Å². The standard InChI is InChI=1S/C13H18ClN3O2/c1-9-4-3-5-10(2)16(9)15-12-7-6-11(14)8-13(12)17(18)19/h6-10,15H,3-5H2,1-2H3. The molecule has 0 amide bonds. The second-order valence-corrected chi connectivity index (χ2v) is 5.50. The first-order valence-corrected chi connectivity index (χ1v) is 6.85. The summed E-state index contributed by atoms with van der Waals surface area (Å²) in [5.74, 6) is 0. The zero-order chi connectivity index (χ0) is 14.0. The molecule has 19 heavy (non-hydrogen) atoms. The van der Waals surface area contributed by atoms with E-state index in [9.17, 15) is 10.1 Å². The number of piperidine rings is 1. The molecule has 2 rings (SSSR count). The molecule has 1 saturated heterocycles. The molecule has 2 unspecified atom stereocenters. The van der Waals surface area contributed by atoms with Gasteiger partial charge in [-0.25, -0.2) is 5.01 Å². The van der Waals surface area contributed by atoms with Gasteiger partial charge in [0.15, 0.2) is 0 Å². The van der Waals surface area contributed by atoms with E-state index in [-0.39, 0.29) is 5.69 Å². The van der Waals surface area contributed by atoms with Crippen molar-refractivity contribution in [1.82, 2.24) is 5.01 Å². The normalized spacial score (nSPS) is 24.2. The summed E-state index contributed by atoms with van der Waals surface area (Å²) in [5.41, 5.74) is 3.70. The molecule has 1 heterocycles. The highest BCUT2D eigenvalue weighted by Gasteiger charge is 2.26. The van der Waals surface area contributed by atoms with Crippen LogP contribution in [0.2, 0.25) is 5.02 Å². The number of benzene rings is 1. The minimum atomic E-state index is -0.409. The zero-order valence-corrected chi connectivity index (χ0v) is 11.9. The molecular formula is C13H18ClN3O2. The van der Waals surface area contributed by atoms with E-state index in [4.69, 9.17) is 11.6 Å². The van der Waals surface area contributed by atoms with Crippen LogP contribution in [0.4, 0.5) is 11.4 Å². The number of nitro benzene ring substituents is 1. The third kappa shape index (κ3) is 3.16. The minimum Gasteiger partial charge on any atom is -0.312 e. The lowest BCUT2D eigenvalue weighted by molar-refractivity contribution is -0.384. The molecular weight excluding hydrogens is 266 g/mol. The molecule has 1 N–H and O–H groups in total. The van der Waals surface area contributed by atoms with Crippen molar-refractivity contribution in [3.05, 3.63) is 33.3 Å². The fourth-order valence-corrected chi connectivity index (χ4v) is 2.70. The molecule has 0 spiro atoms. The van der Waals surface area contributed by atoms with E-state index >= 15 is 0 Å². The predicted molar refractivity (Wildman–Crippen MR) is 76.3 cm³/mol. The highest BCUT2D eigenvalue weighted by Crippen LogP contribution is 2.30. The lowest BCUT2D eigenvalue weighted by Gasteiger charge is -2.39. The van der Waals surface area contributed by atoms with Crippen LogP contribution in [-0.2, 0) is 0 Å². The zero-order valence-electron chi connectivity index (χ0n) is 11.1. The van der Waals surface area contributed by atoms with Gasteiger partial charge in [-0.2, -0.15) is 0 Å². The third-order valence-electron chi connectivity index (χ3n) is 3.60. The van der Waals surface area contributed by atoms with Crippen LogP contribution < -0.4 is 5.43 Å². The highest BCUT2D eigenvalue weighted by atomic mass is 35.5. The van der Waals surface area contributed by atoms with Crippen molar-refractivity contribution in [3.63, 3.8) is 0 Å². The topological polar surface area (TPSA) is 58.4 Å². The lowest BCUT2D eigenvalue weighted by atomic mass is 10.00. The Balaban J connectivity index is 2.24. The first kappa shape index (κ1) is 14.1. The van der Waals surface area contributed by atoms with Crippen molar-refractivity contribution >= 4 is 23.0 Å². The van der Waals surface area contributed by atoms with E-state index in [0.29, 0.717) is 22.8 Å². The number of nitro groups is 1. The Morgan fingerprint density at radius 1 is 1.37 bits per heavy atom. The van der Waals surface area contributed by atoms with Gasteiger partial charge in [0, 0.05) is 23.2 Å². The maximum Gasteiger partial charge on any atom is 0.295 e. The van der Waals surface area contributed by atoms with Crippen molar-refractivity contribution in [2.75, 3.05) is 5.43 Å². The maximum atomic E-state index is 11.1. The molecule has 0 aromatic heterocycles. The summed E-state index contributed by atoms with van der Waals surface area (Å²) < 4.78 is 0. The number of hydrazine groups is 1. The molecule has 1 aromatic carbocycles. The third-order valence-corrected chi connectivity index (χ3v) is 3.83. The van der Waals surface area contributed by atoms with Crippen LogP contribution >= 0.6 is 11.6 Å². The van der Waals surface area contributed by atoms with Crippen molar-refractivity contribution in [2.24, 2.45) is 0 Å². The highest BCUT2D eigenvalue weighted by molar-refractivity contribution is 6.30. The Kier molecular flexibility index (Phi) is 4.27. The fourth-order valence-electron chi connectivity index (χ4n) is 2.53. The molecule has 1 aromatic rings. The first-order chi connectivity index (χ1) is 8.99. The molecule has 0 radical (unpaired) electrons. The molecule has 2 atom stereocenters. The maximum absolute atomic E-state index is 11.1. The Bertz CT molecular complexity index is 471. The van der Waals surface area contributed by atoms with Crippen molar-refractivity contribution in [3.8, 4) is 0 Å². The lowest BCUT2D eigenvalue weighted by Crippen LogP contribution is -2.47. The Morgan fingerprint density at radius 2 is 2.00 bits per heavy atom. The minimum absolute atomic E-state index is 0.0115. The van der Waals surface area contributed by atoms with E-state index in [1.807, 2.05) is 0 Å². The first-order valence-electron chi connectivity index (χ1n) is 6.48. The average Bonchev–Trinajstić information content (AvgIpc) is 2.35. The van der Waals surface area contributed by atoms with Gasteiger partial charge in [-0.05, 0) is 38.8 Å². The average molecular weight is 284 g/mol. The summed E-state index contributed by atoms with van der Waals surface area (Å²) in [7, 11) is 0. The van der Waals surface area contributed by atoms with Gasteiger partial charge in [-0.15, -0.1) is 0 Å². The molecule has 104 valence electrons. The van der Waals surface area contributed by atoms with Crippen LogP contribution in [0.15, 0.2) is 18.2 Å². The summed E-state index contributed by atoms with van der Waals surface area (Å²) in [6.07, 6.45) is 3.39. The quantitative estimate of drug-likeness (QED) is 0.676. The second-order valence-electron chi connectivity index (χ2n) is 5.07. The summed E-state index contributed by atoms with van der Waals surface area (Å²) in [5, 5.41) is 13.5. The molecule has 5 nitrogen and oxygen atoms in total. The summed E-state index contributed by atoms with van der Waals surface area (Å²) in [6, 6.07) is 5.42. The van der Waals surface area contributed by atoms with Gasteiger partial charge < -0.3 is 5.43 Å². The van der Waals surface area contributed by atoms with Gasteiger partial charge in [-0.3, -0.25) is 10.1 Å². The number of nitrogens with zero attached hydrogens (tertiary/aromatic N) is 2. The summed E-state index contributed by atoms with van der Waals surface area (Å²) >= 11 is 5.82. The number of hydrogen-bond acceptors (Lipinski definition) is 4. The van der Waals surface area contributed by atoms with Gasteiger partial charge in [-0.1, -0.05) is 18.0 Å². The van der Waals surface area contributed by atoms with Crippen LogP contribution in [0.1, 0.15) is 33.1 Å². The Morgan fingerprint density at radius 3 is 2.58 bits per heavy atom. The van der Waals surface area contributed by atoms with Gasteiger partial charge in [0.25, 0.3) is 5.69 Å². The van der Waals surface area contributed by atoms with Crippen molar-refractivity contribution < 1.29 is 4.92 Å². The van der Waals surface area contributed by atoms with E-state index in [1.54, 1.807) is 12.1 Å². The summed E-state index contributed by atoms with van der Waals surface area (Å²) in [6.45, 7) is 4.26. The van der Waals surface area contributed by atoms with Crippen LogP contribution in [0.3, 0.4) is 0 Å². The van der Waals surface area contributed by atoms with E-state index in [0.717, 1.165) is 12.8 Å². The smallest absolute Gasteiger partial charge is 0.295 e. The fraction of sp³-hybridized carbons (Fsp3) is 0.538. The number of rotatable bonds is 3. The van der Waals surface area contributed by atoms with Crippen molar-refractivity contribution in [1.29, 1.82) is 0 Å². The number of halogens is 1. The number of nitrogens with one attached hydrogen (secondary N) is 1. The van der Waals surface area contributed by atoms with Crippen LogP contribution in [0.25, 0.3) is 0 Å². The van der Waals surface area contributed by atoms with E-state index in [1.165, 1.54) is 12.5 Å². The monoisotopic (exact) mass is 283 g/mol. The molecule has 0 bridgehead atoms. The van der Waals surface area contributed by atoms with Crippen molar-refractivity contribution in [2.45, 2.75) is 45.2 Å².